The number of halogens is 3. The Bertz CT molecular complexity index is 414. The van der Waals surface area contributed by atoms with Crippen LogP contribution in [0.25, 0.3) is 0 Å². The van der Waals surface area contributed by atoms with Crippen molar-refractivity contribution in [3.8, 4) is 0 Å². The summed E-state index contributed by atoms with van der Waals surface area (Å²) in [6.45, 7) is 1.11. The molecule has 1 aliphatic rings. The third-order valence-electron chi connectivity index (χ3n) is 2.66. The third-order valence-corrected chi connectivity index (χ3v) is 2.66. The van der Waals surface area contributed by atoms with Gasteiger partial charge >= 0.3 is 6.18 Å². The fourth-order valence-corrected chi connectivity index (χ4v) is 1.85. The first-order valence-electron chi connectivity index (χ1n) is 5.07. The van der Waals surface area contributed by atoms with Crippen molar-refractivity contribution in [2.45, 2.75) is 31.6 Å². The van der Waals surface area contributed by atoms with E-state index in [2.05, 4.69) is 10.4 Å². The van der Waals surface area contributed by atoms with Crippen molar-refractivity contribution in [3.63, 3.8) is 0 Å². The number of H-pyrrole nitrogens is 1. The first-order chi connectivity index (χ1) is 7.47. The molecule has 0 radical (unpaired) electrons. The van der Waals surface area contributed by atoms with Crippen LogP contribution in [0.1, 0.15) is 18.5 Å². The fourth-order valence-electron chi connectivity index (χ4n) is 1.85. The number of hydrogen-bond donors (Lipinski definition) is 2. The average molecular weight is 235 g/mol. The lowest BCUT2D eigenvalue weighted by Crippen LogP contribution is -2.31. The van der Waals surface area contributed by atoms with Gasteiger partial charge in [0.2, 0.25) is 0 Å². The lowest BCUT2D eigenvalue weighted by atomic mass is 10.2. The van der Waals surface area contributed by atoms with Gasteiger partial charge in [-0.2, -0.15) is 13.2 Å². The standard InChI is InChI=1S/C9H12F3N3O/c10-9(11,12)7-4-8(16)15(14-7)5-6-2-1-3-13-6/h4,6,13-14H,1-3,5H2/t6-/m0/s1. The van der Waals surface area contributed by atoms with E-state index < -0.39 is 17.4 Å². The molecule has 4 nitrogen and oxygen atoms in total. The molecule has 0 aliphatic carbocycles. The topological polar surface area (TPSA) is 49.8 Å². The Morgan fingerprint density at radius 2 is 2.25 bits per heavy atom. The van der Waals surface area contributed by atoms with Crippen LogP contribution in [-0.4, -0.2) is 22.4 Å². The highest BCUT2D eigenvalue weighted by atomic mass is 19.4. The summed E-state index contributed by atoms with van der Waals surface area (Å²) in [5.74, 6) is 0. The van der Waals surface area contributed by atoms with Crippen LogP contribution in [0.4, 0.5) is 13.2 Å². The van der Waals surface area contributed by atoms with Gasteiger partial charge in [-0.05, 0) is 19.4 Å². The number of hydrogen-bond acceptors (Lipinski definition) is 2. The second-order valence-corrected chi connectivity index (χ2v) is 3.91. The van der Waals surface area contributed by atoms with E-state index in [9.17, 15) is 18.0 Å². The number of aromatic nitrogens is 2. The number of rotatable bonds is 2. The van der Waals surface area contributed by atoms with Gasteiger partial charge in [0.25, 0.3) is 5.56 Å². The Morgan fingerprint density at radius 3 is 2.75 bits per heavy atom. The van der Waals surface area contributed by atoms with Crippen molar-refractivity contribution in [1.29, 1.82) is 0 Å². The normalized spacial score (nSPS) is 21.6. The van der Waals surface area contributed by atoms with Gasteiger partial charge in [-0.15, -0.1) is 0 Å². The molecule has 0 saturated carbocycles. The molecule has 1 aliphatic heterocycles. The van der Waals surface area contributed by atoms with Gasteiger partial charge in [-0.3, -0.25) is 14.6 Å². The molecule has 2 rings (SSSR count). The summed E-state index contributed by atoms with van der Waals surface area (Å²) in [5.41, 5.74) is -1.63. The van der Waals surface area contributed by atoms with E-state index in [0.717, 1.165) is 24.1 Å². The molecular weight excluding hydrogens is 223 g/mol. The lowest BCUT2D eigenvalue weighted by molar-refractivity contribution is -0.141. The van der Waals surface area contributed by atoms with Gasteiger partial charge in [0.15, 0.2) is 0 Å². The smallest absolute Gasteiger partial charge is 0.312 e. The van der Waals surface area contributed by atoms with E-state index in [0.29, 0.717) is 6.07 Å². The minimum Gasteiger partial charge on any atom is -0.312 e. The number of nitrogens with one attached hydrogen (secondary N) is 2. The van der Waals surface area contributed by atoms with Gasteiger partial charge in [-0.25, -0.2) is 0 Å². The summed E-state index contributed by atoms with van der Waals surface area (Å²) < 4.78 is 37.9. The van der Waals surface area contributed by atoms with E-state index in [-0.39, 0.29) is 12.6 Å². The summed E-state index contributed by atoms with van der Waals surface area (Å²) >= 11 is 0. The summed E-state index contributed by atoms with van der Waals surface area (Å²) in [7, 11) is 0. The molecule has 1 saturated heterocycles. The van der Waals surface area contributed by atoms with E-state index >= 15 is 0 Å². The van der Waals surface area contributed by atoms with Crippen LogP contribution < -0.4 is 10.9 Å². The summed E-state index contributed by atoms with van der Waals surface area (Å²) in [5, 5.41) is 5.21. The van der Waals surface area contributed by atoms with Gasteiger partial charge in [0, 0.05) is 12.1 Å². The molecular formula is C9H12F3N3O. The predicted molar refractivity (Wildman–Crippen MR) is 51.1 cm³/mol. The van der Waals surface area contributed by atoms with E-state index in [1.165, 1.54) is 0 Å². The van der Waals surface area contributed by atoms with Crippen LogP contribution in [0.2, 0.25) is 0 Å². The molecule has 7 heteroatoms. The molecule has 1 aromatic heterocycles. The maximum absolute atomic E-state index is 12.3. The van der Waals surface area contributed by atoms with Crippen molar-refractivity contribution in [1.82, 2.24) is 15.1 Å². The lowest BCUT2D eigenvalue weighted by Gasteiger charge is -2.10. The molecule has 1 aromatic rings. The Balaban J connectivity index is 2.15. The van der Waals surface area contributed by atoms with Crippen molar-refractivity contribution >= 4 is 0 Å². The minimum absolute atomic E-state index is 0.0810. The molecule has 0 amide bonds. The molecule has 2 N–H and O–H groups in total. The zero-order valence-corrected chi connectivity index (χ0v) is 8.47. The van der Waals surface area contributed by atoms with E-state index in [1.807, 2.05) is 0 Å². The van der Waals surface area contributed by atoms with Gasteiger partial charge in [0.05, 0.1) is 6.54 Å². The Labute approximate surface area is 89.4 Å². The second kappa shape index (κ2) is 3.97. The summed E-state index contributed by atoms with van der Waals surface area (Å²) in [6, 6.07) is 0.673. The molecule has 0 unspecified atom stereocenters. The number of aromatic amines is 1. The third kappa shape index (κ3) is 2.29. The highest BCUT2D eigenvalue weighted by Gasteiger charge is 2.33. The monoisotopic (exact) mass is 235 g/mol. The highest BCUT2D eigenvalue weighted by Crippen LogP contribution is 2.26. The van der Waals surface area contributed by atoms with Crippen LogP contribution in [0.15, 0.2) is 10.9 Å². The van der Waals surface area contributed by atoms with Crippen LogP contribution >= 0.6 is 0 Å². The molecule has 1 fully saturated rings. The quantitative estimate of drug-likeness (QED) is 0.801. The fraction of sp³-hybridized carbons (Fsp3) is 0.667. The van der Waals surface area contributed by atoms with Gasteiger partial charge in [0.1, 0.15) is 5.69 Å². The average Bonchev–Trinajstić information content (AvgIpc) is 2.76. The van der Waals surface area contributed by atoms with Crippen LogP contribution in [0.5, 0.6) is 0 Å². The Morgan fingerprint density at radius 1 is 1.50 bits per heavy atom. The van der Waals surface area contributed by atoms with Crippen LogP contribution in [-0.2, 0) is 12.7 Å². The first kappa shape index (κ1) is 11.3. The van der Waals surface area contributed by atoms with Crippen molar-refractivity contribution in [3.05, 3.63) is 22.1 Å². The molecule has 16 heavy (non-hydrogen) atoms. The SMILES string of the molecule is O=c1cc(C(F)(F)F)[nH]n1C[C@@H]1CCCN1. The van der Waals surface area contributed by atoms with E-state index in [1.54, 1.807) is 0 Å². The molecule has 2 heterocycles. The highest BCUT2D eigenvalue weighted by molar-refractivity contribution is 5.04. The maximum atomic E-state index is 12.3. The molecule has 1 atom stereocenters. The maximum Gasteiger partial charge on any atom is 0.432 e. The molecule has 0 spiro atoms. The summed E-state index contributed by atoms with van der Waals surface area (Å²) in [6.07, 6.45) is -2.62. The largest absolute Gasteiger partial charge is 0.432 e. The predicted octanol–water partition coefficient (Wildman–Crippen LogP) is 0.947. The zero-order chi connectivity index (χ0) is 11.8. The second-order valence-electron chi connectivity index (χ2n) is 3.91. The first-order valence-corrected chi connectivity index (χ1v) is 5.07. The minimum atomic E-state index is -4.49. The van der Waals surface area contributed by atoms with Crippen molar-refractivity contribution in [2.24, 2.45) is 0 Å². The molecule has 90 valence electrons. The molecule has 0 aromatic carbocycles. The van der Waals surface area contributed by atoms with Crippen molar-refractivity contribution < 1.29 is 13.2 Å². The van der Waals surface area contributed by atoms with Gasteiger partial charge in [-0.1, -0.05) is 0 Å². The summed E-state index contributed by atoms with van der Waals surface area (Å²) in [4.78, 5) is 11.3. The van der Waals surface area contributed by atoms with Crippen LogP contribution in [0, 0.1) is 0 Å². The Kier molecular flexibility index (Phi) is 2.79. The Hall–Kier alpha value is -1.24. The number of alkyl halides is 3. The van der Waals surface area contributed by atoms with Crippen LogP contribution in [0.3, 0.4) is 0 Å². The molecule has 0 bridgehead atoms. The van der Waals surface area contributed by atoms with Crippen molar-refractivity contribution in [2.75, 3.05) is 6.54 Å². The van der Waals surface area contributed by atoms with E-state index in [4.69, 9.17) is 0 Å². The van der Waals surface area contributed by atoms with Gasteiger partial charge < -0.3 is 5.32 Å². The number of nitrogens with zero attached hydrogens (tertiary/aromatic N) is 1. The zero-order valence-electron chi connectivity index (χ0n) is 8.47.